The fourth-order valence-electron chi connectivity index (χ4n) is 7.26. The van der Waals surface area contributed by atoms with Crippen LogP contribution in [-0.2, 0) is 15.0 Å². The van der Waals surface area contributed by atoms with Crippen molar-refractivity contribution in [1.82, 2.24) is 14.8 Å². The summed E-state index contributed by atoms with van der Waals surface area (Å²) < 4.78 is -0.209. The van der Waals surface area contributed by atoms with Crippen LogP contribution in [0.5, 0.6) is 0 Å². The molecule has 5 aliphatic rings. The molecule has 2 bridgehead atoms. The molecule has 0 saturated carbocycles. The molecule has 4 fully saturated rings. The van der Waals surface area contributed by atoms with Crippen molar-refractivity contribution < 1.29 is 14.4 Å². The molecule has 9 rings (SSSR count). The molecule has 7 nitrogen and oxygen atoms in total. The standard InChI is InChI=1S/C30H24N4O3S2/c1-28-25(35)34-24-29(21-16-31-22-14-8-6-12-19(21)22,17-30(34,26(36)32(28)2)39-27(37)38-28)20-13-7-9-15-23(20)33(24)18-10-4-3-5-11-18/h3-16,24,31H,17H2,1-2H3/t24-,28+,29?,30?/m0/s1. The number of aromatic nitrogens is 1. The van der Waals surface area contributed by atoms with E-state index in [1.165, 1.54) is 4.90 Å². The molecule has 6 heterocycles. The summed E-state index contributed by atoms with van der Waals surface area (Å²) in [6.45, 7) is 1.70. The molecule has 2 amide bonds. The van der Waals surface area contributed by atoms with Gasteiger partial charge in [0.2, 0.25) is 0 Å². The number of nitrogens with zero attached hydrogens (tertiary/aromatic N) is 3. The summed E-state index contributed by atoms with van der Waals surface area (Å²) in [6, 6.07) is 26.4. The summed E-state index contributed by atoms with van der Waals surface area (Å²) >= 11 is 1.96. The molecule has 0 radical (unpaired) electrons. The first-order valence-corrected chi connectivity index (χ1v) is 14.5. The number of hydrogen-bond donors (Lipinski definition) is 1. The van der Waals surface area contributed by atoms with Gasteiger partial charge in [-0.3, -0.25) is 19.3 Å². The number of H-pyrrole nitrogens is 1. The maximum Gasteiger partial charge on any atom is 0.262 e. The zero-order valence-corrected chi connectivity index (χ0v) is 22.9. The molecular formula is C30H24N4O3S2. The maximum absolute atomic E-state index is 14.7. The average molecular weight is 553 g/mol. The molecule has 4 atom stereocenters. The first-order chi connectivity index (χ1) is 18.8. The van der Waals surface area contributed by atoms with E-state index in [-0.39, 0.29) is 22.7 Å². The monoisotopic (exact) mass is 552 g/mol. The third-order valence-corrected chi connectivity index (χ3v) is 11.5. The smallest absolute Gasteiger partial charge is 0.262 e. The second-order valence-electron chi connectivity index (χ2n) is 10.8. The van der Waals surface area contributed by atoms with Gasteiger partial charge in [-0.1, -0.05) is 54.6 Å². The second kappa shape index (κ2) is 7.49. The molecule has 3 aromatic carbocycles. The first kappa shape index (κ1) is 23.2. The molecule has 1 spiro atoms. The summed E-state index contributed by atoms with van der Waals surface area (Å²) in [6.07, 6.45) is 1.76. The minimum Gasteiger partial charge on any atom is -0.361 e. The van der Waals surface area contributed by atoms with E-state index in [0.717, 1.165) is 56.9 Å². The van der Waals surface area contributed by atoms with Gasteiger partial charge < -0.3 is 14.8 Å². The lowest BCUT2D eigenvalue weighted by Crippen LogP contribution is -2.72. The first-order valence-electron chi connectivity index (χ1n) is 12.9. The van der Waals surface area contributed by atoms with E-state index < -0.39 is 21.3 Å². The zero-order chi connectivity index (χ0) is 26.7. The number of carbonyl (C=O) groups is 3. The van der Waals surface area contributed by atoms with Gasteiger partial charge in [0.25, 0.3) is 16.3 Å². The Labute approximate surface area is 233 Å². The fourth-order valence-corrected chi connectivity index (χ4v) is 10.1. The van der Waals surface area contributed by atoms with Crippen molar-refractivity contribution in [3.05, 3.63) is 96.2 Å². The van der Waals surface area contributed by atoms with E-state index in [0.29, 0.717) is 0 Å². The number of hydrogen-bond acceptors (Lipinski definition) is 6. The van der Waals surface area contributed by atoms with Gasteiger partial charge in [-0.15, -0.1) is 0 Å². The lowest BCUT2D eigenvalue weighted by Gasteiger charge is -2.51. The summed E-state index contributed by atoms with van der Waals surface area (Å²) in [5.74, 6) is -0.416. The Hall–Kier alpha value is -3.69. The number of carbonyl (C=O) groups excluding carboxylic acids is 3. The highest BCUT2D eigenvalue weighted by Crippen LogP contribution is 2.68. The predicted molar refractivity (Wildman–Crippen MR) is 154 cm³/mol. The third-order valence-electron chi connectivity index (χ3n) is 9.01. The van der Waals surface area contributed by atoms with E-state index >= 15 is 0 Å². The van der Waals surface area contributed by atoms with Crippen molar-refractivity contribution in [1.29, 1.82) is 0 Å². The van der Waals surface area contributed by atoms with Crippen molar-refractivity contribution in [2.24, 2.45) is 0 Å². The van der Waals surface area contributed by atoms with E-state index in [4.69, 9.17) is 0 Å². The number of thioether (sulfide) groups is 2. The summed E-state index contributed by atoms with van der Waals surface area (Å²) in [5.41, 5.74) is 4.20. The van der Waals surface area contributed by atoms with Crippen LogP contribution < -0.4 is 4.90 Å². The number of para-hydroxylation sites is 3. The number of piperazine rings is 1. The van der Waals surface area contributed by atoms with Crippen LogP contribution in [-0.4, -0.2) is 54.0 Å². The maximum atomic E-state index is 14.7. The van der Waals surface area contributed by atoms with Crippen LogP contribution in [0.2, 0.25) is 0 Å². The zero-order valence-electron chi connectivity index (χ0n) is 21.3. The molecule has 4 saturated heterocycles. The van der Waals surface area contributed by atoms with E-state index in [2.05, 4.69) is 28.1 Å². The van der Waals surface area contributed by atoms with Crippen LogP contribution >= 0.6 is 23.5 Å². The molecule has 4 aromatic rings. The van der Waals surface area contributed by atoms with Gasteiger partial charge in [0.05, 0.1) is 5.41 Å². The molecule has 1 aromatic heterocycles. The second-order valence-corrected chi connectivity index (χ2v) is 13.6. The van der Waals surface area contributed by atoms with Crippen molar-refractivity contribution in [2.45, 2.75) is 34.7 Å². The van der Waals surface area contributed by atoms with E-state index in [1.807, 2.05) is 66.9 Å². The number of anilines is 2. The molecule has 194 valence electrons. The Morgan fingerprint density at radius 2 is 1.56 bits per heavy atom. The lowest BCUT2D eigenvalue weighted by atomic mass is 9.72. The number of amides is 2. The molecule has 9 heteroatoms. The quantitative estimate of drug-likeness (QED) is 0.347. The number of fused-ring (bicyclic) bond motifs is 7. The van der Waals surface area contributed by atoms with Gasteiger partial charge in [-0.2, -0.15) is 0 Å². The Morgan fingerprint density at radius 3 is 2.38 bits per heavy atom. The van der Waals surface area contributed by atoms with Crippen LogP contribution in [0.1, 0.15) is 24.5 Å². The minimum absolute atomic E-state index is 0.202. The largest absolute Gasteiger partial charge is 0.361 e. The van der Waals surface area contributed by atoms with Gasteiger partial charge in [0.15, 0.2) is 9.74 Å². The number of aromatic amines is 1. The molecule has 2 unspecified atom stereocenters. The molecule has 39 heavy (non-hydrogen) atoms. The van der Waals surface area contributed by atoms with Gasteiger partial charge in [-0.25, -0.2) is 0 Å². The van der Waals surface area contributed by atoms with Gasteiger partial charge in [-0.05, 0) is 65.8 Å². The van der Waals surface area contributed by atoms with E-state index in [1.54, 1.807) is 18.9 Å². The summed E-state index contributed by atoms with van der Waals surface area (Å²) in [5, 5.41) is 1.04. The highest BCUT2D eigenvalue weighted by molar-refractivity contribution is 8.40. The normalized spacial score (nSPS) is 31.1. The summed E-state index contributed by atoms with van der Waals surface area (Å²) in [4.78, 5) is 48.7. The predicted octanol–water partition coefficient (Wildman–Crippen LogP) is 5.65. The minimum atomic E-state index is -1.37. The highest BCUT2D eigenvalue weighted by atomic mass is 32.2. The molecule has 1 N–H and O–H groups in total. The number of rotatable bonds is 2. The molecular weight excluding hydrogens is 528 g/mol. The third kappa shape index (κ3) is 2.60. The van der Waals surface area contributed by atoms with Crippen LogP contribution in [0.25, 0.3) is 10.9 Å². The van der Waals surface area contributed by atoms with Gasteiger partial charge in [0.1, 0.15) is 6.17 Å². The van der Waals surface area contributed by atoms with Crippen molar-refractivity contribution in [3.63, 3.8) is 0 Å². The molecule has 5 aliphatic heterocycles. The Balaban J connectivity index is 1.51. The Kier molecular flexibility index (Phi) is 4.46. The van der Waals surface area contributed by atoms with Crippen LogP contribution in [0, 0.1) is 0 Å². The van der Waals surface area contributed by atoms with Crippen molar-refractivity contribution in [2.75, 3.05) is 11.9 Å². The number of likely N-dealkylation sites (N-methyl/N-ethyl adjacent to an activating group) is 1. The number of benzene rings is 3. The van der Waals surface area contributed by atoms with Crippen LogP contribution in [0.15, 0.2) is 85.1 Å². The van der Waals surface area contributed by atoms with E-state index in [9.17, 15) is 14.4 Å². The van der Waals surface area contributed by atoms with Gasteiger partial charge in [0, 0.05) is 41.9 Å². The van der Waals surface area contributed by atoms with Crippen LogP contribution in [0.3, 0.4) is 0 Å². The molecule has 0 aliphatic carbocycles. The lowest BCUT2D eigenvalue weighted by molar-refractivity contribution is -0.163. The van der Waals surface area contributed by atoms with Crippen molar-refractivity contribution in [3.8, 4) is 0 Å². The fraction of sp³-hybridized carbons (Fsp3) is 0.233. The highest BCUT2D eigenvalue weighted by Gasteiger charge is 2.78. The SMILES string of the molecule is CN1C(=O)C23CC4(c5c[nH]c6ccccc56)c5ccccc5N(c5ccccc5)[C@H]4N2C(=O)[C@@]1(C)SC(=O)S3. The summed E-state index contributed by atoms with van der Waals surface area (Å²) in [7, 11) is 1.65. The average Bonchev–Trinajstić information content (AvgIpc) is 3.55. The Bertz CT molecular complexity index is 1740. The van der Waals surface area contributed by atoms with Crippen LogP contribution in [0.4, 0.5) is 16.2 Å². The Morgan fingerprint density at radius 1 is 0.846 bits per heavy atom. The number of nitrogens with one attached hydrogen (secondary N) is 1. The topological polar surface area (TPSA) is 76.7 Å². The van der Waals surface area contributed by atoms with Crippen molar-refractivity contribution >= 4 is 62.1 Å². The van der Waals surface area contributed by atoms with Gasteiger partial charge >= 0.3 is 0 Å².